The van der Waals surface area contributed by atoms with Crippen molar-refractivity contribution in [3.8, 4) is 0 Å². The minimum Gasteiger partial charge on any atom is -0.343 e. The largest absolute Gasteiger partial charge is 0.343 e. The molecule has 74 valence electrons. The van der Waals surface area contributed by atoms with Crippen molar-refractivity contribution in [2.45, 2.75) is 33.1 Å². The van der Waals surface area contributed by atoms with Gasteiger partial charge in [0.05, 0.1) is 0 Å². The quantitative estimate of drug-likeness (QED) is 0.598. The maximum atomic E-state index is 11.5. The predicted molar refractivity (Wildman–Crippen MR) is 54.4 cm³/mol. The third-order valence-electron chi connectivity index (χ3n) is 2.75. The van der Waals surface area contributed by atoms with E-state index >= 15 is 0 Å². The van der Waals surface area contributed by atoms with Gasteiger partial charge in [-0.05, 0) is 32.1 Å². The summed E-state index contributed by atoms with van der Waals surface area (Å²) in [4.78, 5) is 13.2. The number of rotatable bonds is 2. The second-order valence-corrected chi connectivity index (χ2v) is 4.00. The molecule has 0 radical (unpaired) electrons. The molecule has 0 N–H and O–H groups in total. The van der Waals surface area contributed by atoms with Crippen molar-refractivity contribution in [2.75, 3.05) is 13.6 Å². The van der Waals surface area contributed by atoms with Gasteiger partial charge in [-0.15, -0.1) is 0 Å². The van der Waals surface area contributed by atoms with Gasteiger partial charge in [-0.2, -0.15) is 0 Å². The highest BCUT2D eigenvalue weighted by molar-refractivity contribution is 5.88. The molecule has 1 rings (SSSR count). The van der Waals surface area contributed by atoms with Crippen LogP contribution < -0.4 is 0 Å². The second-order valence-electron chi connectivity index (χ2n) is 4.00. The van der Waals surface area contributed by atoms with Crippen LogP contribution in [0.4, 0.5) is 0 Å². The second kappa shape index (κ2) is 4.45. The Kier molecular flexibility index (Phi) is 3.52. The molecule has 1 amide bonds. The van der Waals surface area contributed by atoms with Crippen LogP contribution in [0.5, 0.6) is 0 Å². The Balaban J connectivity index is 2.51. The predicted octanol–water partition coefficient (Wildman–Crippen LogP) is 2.21. The van der Waals surface area contributed by atoms with Crippen LogP contribution in [-0.2, 0) is 4.79 Å². The Hall–Kier alpha value is -0.790. The van der Waals surface area contributed by atoms with Crippen LogP contribution in [0.25, 0.3) is 0 Å². The van der Waals surface area contributed by atoms with Crippen LogP contribution in [0.2, 0.25) is 0 Å². The lowest BCUT2D eigenvalue weighted by molar-refractivity contribution is -0.124. The molecule has 0 spiro atoms. The molecule has 0 aromatic carbocycles. The highest BCUT2D eigenvalue weighted by Crippen LogP contribution is 2.29. The van der Waals surface area contributed by atoms with E-state index in [9.17, 15) is 4.79 Å². The first kappa shape index (κ1) is 10.3. The van der Waals surface area contributed by atoms with Gasteiger partial charge in [0, 0.05) is 19.7 Å². The maximum Gasteiger partial charge on any atom is 0.246 e. The fourth-order valence-electron chi connectivity index (χ4n) is 1.66. The number of carbonyl (C=O) groups excluding carboxylic acids is 1. The molecule has 2 heteroatoms. The van der Waals surface area contributed by atoms with E-state index in [1.807, 2.05) is 20.0 Å². The summed E-state index contributed by atoms with van der Waals surface area (Å²) < 4.78 is 0. The average Bonchev–Trinajstić information content (AvgIpc) is 2.49. The van der Waals surface area contributed by atoms with Crippen LogP contribution in [0.15, 0.2) is 11.6 Å². The molecule has 2 nitrogen and oxygen atoms in total. The average molecular weight is 181 g/mol. The van der Waals surface area contributed by atoms with Gasteiger partial charge in [-0.3, -0.25) is 4.79 Å². The zero-order chi connectivity index (χ0) is 9.84. The Labute approximate surface area is 80.6 Å². The van der Waals surface area contributed by atoms with E-state index in [1.54, 1.807) is 4.90 Å². The molecule has 1 aliphatic carbocycles. The summed E-state index contributed by atoms with van der Waals surface area (Å²) in [5.41, 5.74) is 1.33. The summed E-state index contributed by atoms with van der Waals surface area (Å²) in [6.07, 6.45) is 5.30. The number of hydrogen-bond donors (Lipinski definition) is 0. The molecule has 0 aromatic heterocycles. The van der Waals surface area contributed by atoms with Crippen molar-refractivity contribution in [1.29, 1.82) is 0 Å². The van der Waals surface area contributed by atoms with Crippen molar-refractivity contribution in [3.05, 3.63) is 11.6 Å². The van der Waals surface area contributed by atoms with Gasteiger partial charge in [-0.25, -0.2) is 0 Å². The van der Waals surface area contributed by atoms with E-state index in [1.165, 1.54) is 12.0 Å². The lowest BCUT2D eigenvalue weighted by Crippen LogP contribution is -2.24. The molecule has 1 saturated carbocycles. The lowest BCUT2D eigenvalue weighted by atomic mass is 10.1. The van der Waals surface area contributed by atoms with Crippen LogP contribution in [0, 0.1) is 5.92 Å². The van der Waals surface area contributed by atoms with Gasteiger partial charge in [0.15, 0.2) is 0 Å². The van der Waals surface area contributed by atoms with Crippen LogP contribution in [0.1, 0.15) is 33.1 Å². The molecule has 0 aliphatic heterocycles. The van der Waals surface area contributed by atoms with Crippen molar-refractivity contribution in [1.82, 2.24) is 4.90 Å². The minimum absolute atomic E-state index is 0.159. The zero-order valence-corrected chi connectivity index (χ0v) is 8.84. The molecule has 0 bridgehead atoms. The summed E-state index contributed by atoms with van der Waals surface area (Å²) >= 11 is 0. The highest BCUT2D eigenvalue weighted by atomic mass is 16.2. The number of nitrogens with zero attached hydrogens (tertiary/aromatic N) is 1. The van der Waals surface area contributed by atoms with E-state index in [-0.39, 0.29) is 5.91 Å². The molecule has 1 unspecified atom stereocenters. The molecular formula is C11H19NO. The maximum absolute atomic E-state index is 11.5. The van der Waals surface area contributed by atoms with E-state index in [0.29, 0.717) is 0 Å². The van der Waals surface area contributed by atoms with E-state index in [4.69, 9.17) is 0 Å². The standard InChI is InChI=1S/C11H19NO/c1-4-12(3)11(13)8-10-6-5-9(2)7-10/h8-9H,4-7H2,1-3H3/b10-8-. The normalized spacial score (nSPS) is 25.2. The number of likely N-dealkylation sites (N-methyl/N-ethyl adjacent to an activating group) is 1. The van der Waals surface area contributed by atoms with Crippen LogP contribution in [0.3, 0.4) is 0 Å². The van der Waals surface area contributed by atoms with Gasteiger partial charge in [0.1, 0.15) is 0 Å². The first-order valence-electron chi connectivity index (χ1n) is 5.08. The Morgan fingerprint density at radius 1 is 1.69 bits per heavy atom. The first-order valence-corrected chi connectivity index (χ1v) is 5.08. The zero-order valence-electron chi connectivity index (χ0n) is 8.84. The van der Waals surface area contributed by atoms with Gasteiger partial charge < -0.3 is 4.90 Å². The molecule has 0 heterocycles. The monoisotopic (exact) mass is 181 g/mol. The van der Waals surface area contributed by atoms with Gasteiger partial charge in [0.2, 0.25) is 5.91 Å². The molecular weight excluding hydrogens is 162 g/mol. The fourth-order valence-corrected chi connectivity index (χ4v) is 1.66. The summed E-state index contributed by atoms with van der Waals surface area (Å²) in [6, 6.07) is 0. The minimum atomic E-state index is 0.159. The molecule has 0 aromatic rings. The van der Waals surface area contributed by atoms with E-state index in [2.05, 4.69) is 6.92 Å². The highest BCUT2D eigenvalue weighted by Gasteiger charge is 2.16. The summed E-state index contributed by atoms with van der Waals surface area (Å²) in [5.74, 6) is 0.928. The summed E-state index contributed by atoms with van der Waals surface area (Å²) in [7, 11) is 1.85. The SMILES string of the molecule is CCN(C)C(=O)/C=C1/CCC(C)C1. The van der Waals surface area contributed by atoms with Gasteiger partial charge in [0.25, 0.3) is 0 Å². The Morgan fingerprint density at radius 3 is 2.85 bits per heavy atom. The van der Waals surface area contributed by atoms with Crippen LogP contribution in [-0.4, -0.2) is 24.4 Å². The van der Waals surface area contributed by atoms with Crippen molar-refractivity contribution in [2.24, 2.45) is 5.92 Å². The Morgan fingerprint density at radius 2 is 2.38 bits per heavy atom. The molecule has 13 heavy (non-hydrogen) atoms. The van der Waals surface area contributed by atoms with Gasteiger partial charge in [-0.1, -0.05) is 12.5 Å². The molecule has 1 fully saturated rings. The van der Waals surface area contributed by atoms with Crippen molar-refractivity contribution < 1.29 is 4.79 Å². The number of carbonyl (C=O) groups is 1. The van der Waals surface area contributed by atoms with Gasteiger partial charge >= 0.3 is 0 Å². The Bertz CT molecular complexity index is 220. The third kappa shape index (κ3) is 2.87. The summed E-state index contributed by atoms with van der Waals surface area (Å²) in [5, 5.41) is 0. The van der Waals surface area contributed by atoms with E-state index < -0.39 is 0 Å². The van der Waals surface area contributed by atoms with Crippen molar-refractivity contribution in [3.63, 3.8) is 0 Å². The van der Waals surface area contributed by atoms with Crippen LogP contribution >= 0.6 is 0 Å². The third-order valence-corrected chi connectivity index (χ3v) is 2.75. The molecule has 1 atom stereocenters. The first-order chi connectivity index (χ1) is 6.13. The number of allylic oxidation sites excluding steroid dienone is 1. The molecule has 0 saturated heterocycles. The van der Waals surface area contributed by atoms with Crippen molar-refractivity contribution >= 4 is 5.91 Å². The lowest BCUT2D eigenvalue weighted by Gasteiger charge is -2.11. The molecule has 1 aliphatic rings. The van der Waals surface area contributed by atoms with E-state index in [0.717, 1.165) is 25.3 Å². The smallest absolute Gasteiger partial charge is 0.246 e. The number of hydrogen-bond acceptors (Lipinski definition) is 1. The fraction of sp³-hybridized carbons (Fsp3) is 0.727. The summed E-state index contributed by atoms with van der Waals surface area (Å²) in [6.45, 7) is 5.03. The topological polar surface area (TPSA) is 20.3 Å². The number of amides is 1.